The van der Waals surface area contributed by atoms with Gasteiger partial charge < -0.3 is 19.7 Å². The molecular formula is C21H33N3O2. The molecule has 144 valence electrons. The molecule has 0 bridgehead atoms. The van der Waals surface area contributed by atoms with E-state index in [2.05, 4.69) is 40.5 Å². The highest BCUT2D eigenvalue weighted by molar-refractivity contribution is 5.79. The summed E-state index contributed by atoms with van der Waals surface area (Å²) in [6.45, 7) is 3.58. The molecule has 0 spiro atoms. The van der Waals surface area contributed by atoms with Crippen LogP contribution in [0.4, 0.5) is 0 Å². The van der Waals surface area contributed by atoms with Crippen LogP contribution < -0.4 is 10.1 Å². The molecule has 2 aliphatic rings. The molecule has 0 aromatic heterocycles. The van der Waals surface area contributed by atoms with Crippen LogP contribution in [-0.2, 0) is 11.3 Å². The first-order valence-corrected chi connectivity index (χ1v) is 10.0. The highest BCUT2D eigenvalue weighted by atomic mass is 16.5. The number of hydrogen-bond acceptors (Lipinski definition) is 3. The van der Waals surface area contributed by atoms with Gasteiger partial charge in [-0.3, -0.25) is 4.99 Å². The van der Waals surface area contributed by atoms with E-state index in [1.54, 1.807) is 0 Å². The maximum Gasteiger partial charge on any atom is 0.193 e. The Hall–Kier alpha value is -1.75. The second kappa shape index (κ2) is 9.81. The zero-order valence-electron chi connectivity index (χ0n) is 16.2. The van der Waals surface area contributed by atoms with E-state index in [-0.39, 0.29) is 0 Å². The van der Waals surface area contributed by atoms with Crippen LogP contribution in [0.15, 0.2) is 29.3 Å². The van der Waals surface area contributed by atoms with Crippen molar-refractivity contribution >= 4 is 5.96 Å². The van der Waals surface area contributed by atoms with Crippen molar-refractivity contribution in [2.45, 2.75) is 51.2 Å². The largest absolute Gasteiger partial charge is 0.490 e. The van der Waals surface area contributed by atoms with Crippen molar-refractivity contribution < 1.29 is 9.47 Å². The molecule has 1 heterocycles. The Morgan fingerprint density at radius 1 is 1.23 bits per heavy atom. The molecule has 26 heavy (non-hydrogen) atoms. The fourth-order valence-electron chi connectivity index (χ4n) is 3.51. The maximum atomic E-state index is 6.13. The molecule has 1 aromatic rings. The van der Waals surface area contributed by atoms with Gasteiger partial charge in [0, 0.05) is 46.0 Å². The minimum absolute atomic E-state index is 0.401. The lowest BCUT2D eigenvalue weighted by Gasteiger charge is -2.28. The van der Waals surface area contributed by atoms with Gasteiger partial charge in [0.1, 0.15) is 5.75 Å². The molecule has 1 saturated carbocycles. The van der Waals surface area contributed by atoms with E-state index in [9.17, 15) is 0 Å². The smallest absolute Gasteiger partial charge is 0.193 e. The number of hydrogen-bond donors (Lipinski definition) is 1. The van der Waals surface area contributed by atoms with Crippen molar-refractivity contribution in [1.29, 1.82) is 0 Å². The van der Waals surface area contributed by atoms with Crippen LogP contribution in [0.5, 0.6) is 5.75 Å². The molecule has 0 amide bonds. The Labute approximate surface area is 157 Å². The second-order valence-corrected chi connectivity index (χ2v) is 7.45. The standard InChI is InChI=1S/C21H33N3O2/c1-22-21(24(2)13-10-17-11-14-25-15-12-17)23-16-18-6-3-4-9-20(18)26-19-7-5-8-19/h3-4,6,9,17,19H,5,7-8,10-16H2,1-2H3,(H,22,23). The van der Waals surface area contributed by atoms with E-state index in [4.69, 9.17) is 9.47 Å². The van der Waals surface area contributed by atoms with Crippen LogP contribution in [-0.4, -0.2) is 50.8 Å². The molecule has 1 aliphatic carbocycles. The van der Waals surface area contributed by atoms with Crippen molar-refractivity contribution in [2.75, 3.05) is 33.9 Å². The molecule has 3 rings (SSSR count). The van der Waals surface area contributed by atoms with Crippen molar-refractivity contribution in [2.24, 2.45) is 10.9 Å². The predicted molar refractivity (Wildman–Crippen MR) is 106 cm³/mol. The van der Waals surface area contributed by atoms with Crippen LogP contribution in [0, 0.1) is 5.92 Å². The summed E-state index contributed by atoms with van der Waals surface area (Å²) in [7, 11) is 3.97. The molecule has 1 aliphatic heterocycles. The maximum absolute atomic E-state index is 6.13. The van der Waals surface area contributed by atoms with Crippen LogP contribution in [0.3, 0.4) is 0 Å². The third kappa shape index (κ3) is 5.37. The van der Waals surface area contributed by atoms with Crippen molar-refractivity contribution in [3.63, 3.8) is 0 Å². The van der Waals surface area contributed by atoms with E-state index in [1.807, 2.05) is 13.1 Å². The summed E-state index contributed by atoms with van der Waals surface area (Å²) in [6, 6.07) is 8.33. The first-order chi connectivity index (χ1) is 12.8. The van der Waals surface area contributed by atoms with Crippen molar-refractivity contribution in [3.05, 3.63) is 29.8 Å². The Morgan fingerprint density at radius 2 is 2.00 bits per heavy atom. The first-order valence-electron chi connectivity index (χ1n) is 10.0. The highest BCUT2D eigenvalue weighted by Gasteiger charge is 2.20. The molecule has 0 atom stereocenters. The number of ether oxygens (including phenoxy) is 2. The molecule has 1 aromatic carbocycles. The quantitative estimate of drug-likeness (QED) is 0.598. The molecule has 5 nitrogen and oxygen atoms in total. The average Bonchev–Trinajstić information content (AvgIpc) is 2.65. The van der Waals surface area contributed by atoms with Gasteiger partial charge in [0.25, 0.3) is 0 Å². The number of aliphatic imine (C=N–C) groups is 1. The summed E-state index contributed by atoms with van der Waals surface area (Å²) in [5.41, 5.74) is 1.19. The van der Waals surface area contributed by atoms with E-state index < -0.39 is 0 Å². The van der Waals surface area contributed by atoms with Gasteiger partial charge in [-0.05, 0) is 50.5 Å². The summed E-state index contributed by atoms with van der Waals surface area (Å²) < 4.78 is 11.6. The number of guanidine groups is 1. The summed E-state index contributed by atoms with van der Waals surface area (Å²) in [5.74, 6) is 2.72. The summed E-state index contributed by atoms with van der Waals surface area (Å²) >= 11 is 0. The Balaban J connectivity index is 1.48. The van der Waals surface area contributed by atoms with Gasteiger partial charge >= 0.3 is 0 Å². The SMILES string of the molecule is CN=C(NCc1ccccc1OC1CCC1)N(C)CCC1CCOCC1. The first kappa shape index (κ1) is 19.0. The minimum Gasteiger partial charge on any atom is -0.490 e. The summed E-state index contributed by atoms with van der Waals surface area (Å²) in [5, 5.41) is 3.49. The van der Waals surface area contributed by atoms with Gasteiger partial charge in [-0.1, -0.05) is 18.2 Å². The molecule has 0 radical (unpaired) electrons. The number of rotatable bonds is 7. The summed E-state index contributed by atoms with van der Waals surface area (Å²) in [4.78, 5) is 6.68. The van der Waals surface area contributed by atoms with Crippen LogP contribution >= 0.6 is 0 Å². The fraction of sp³-hybridized carbons (Fsp3) is 0.667. The number of para-hydroxylation sites is 1. The van der Waals surface area contributed by atoms with E-state index in [1.165, 1.54) is 44.1 Å². The van der Waals surface area contributed by atoms with Gasteiger partial charge in [-0.2, -0.15) is 0 Å². The van der Waals surface area contributed by atoms with Crippen molar-refractivity contribution in [1.82, 2.24) is 10.2 Å². The van der Waals surface area contributed by atoms with Crippen LogP contribution in [0.25, 0.3) is 0 Å². The van der Waals surface area contributed by atoms with Crippen molar-refractivity contribution in [3.8, 4) is 5.75 Å². The molecule has 5 heteroatoms. The Kier molecular flexibility index (Phi) is 7.18. The summed E-state index contributed by atoms with van der Waals surface area (Å²) in [6.07, 6.45) is 7.61. The van der Waals surface area contributed by atoms with E-state index in [0.717, 1.165) is 43.9 Å². The number of nitrogens with one attached hydrogen (secondary N) is 1. The molecule has 0 unspecified atom stereocenters. The van der Waals surface area contributed by atoms with E-state index >= 15 is 0 Å². The molecule has 1 N–H and O–H groups in total. The van der Waals surface area contributed by atoms with Gasteiger partial charge in [0.15, 0.2) is 5.96 Å². The lowest BCUT2D eigenvalue weighted by molar-refractivity contribution is 0.0625. The van der Waals surface area contributed by atoms with Gasteiger partial charge in [0.05, 0.1) is 6.10 Å². The second-order valence-electron chi connectivity index (χ2n) is 7.45. The van der Waals surface area contributed by atoms with Gasteiger partial charge in [-0.25, -0.2) is 0 Å². The topological polar surface area (TPSA) is 46.1 Å². The minimum atomic E-state index is 0.401. The third-order valence-corrected chi connectivity index (χ3v) is 5.54. The Morgan fingerprint density at radius 3 is 2.69 bits per heavy atom. The third-order valence-electron chi connectivity index (χ3n) is 5.54. The average molecular weight is 360 g/mol. The number of nitrogens with zero attached hydrogens (tertiary/aromatic N) is 2. The normalized spacial score (nSPS) is 19.1. The van der Waals surface area contributed by atoms with E-state index in [0.29, 0.717) is 6.10 Å². The molecular weight excluding hydrogens is 326 g/mol. The van der Waals surface area contributed by atoms with Crippen LogP contribution in [0.2, 0.25) is 0 Å². The lowest BCUT2D eigenvalue weighted by Crippen LogP contribution is -2.39. The molecule has 2 fully saturated rings. The lowest BCUT2D eigenvalue weighted by atomic mass is 9.96. The van der Waals surface area contributed by atoms with Gasteiger partial charge in [-0.15, -0.1) is 0 Å². The number of benzene rings is 1. The molecule has 1 saturated heterocycles. The predicted octanol–water partition coefficient (Wildman–Crippen LogP) is 3.44. The highest BCUT2D eigenvalue weighted by Crippen LogP contribution is 2.27. The fourth-order valence-corrected chi connectivity index (χ4v) is 3.51. The zero-order chi connectivity index (χ0) is 18.2. The van der Waals surface area contributed by atoms with Crippen LogP contribution in [0.1, 0.15) is 44.1 Å². The van der Waals surface area contributed by atoms with Gasteiger partial charge in [0.2, 0.25) is 0 Å². The monoisotopic (exact) mass is 359 g/mol. The Bertz CT molecular complexity index is 580. The zero-order valence-corrected chi connectivity index (χ0v) is 16.2.